The standard InChI is InChI=1S/C15H12F3N3O3S/c1-24-12(22)6-11-13(23)20-14(25-11)21-19-8-10-4-2-3-9(5-10)7-15(16,17)18/h2-6,8H,7H2,1H3,(H,20,21,23)/b11-6+,19-8?. The Labute approximate surface area is 144 Å². The van der Waals surface area contributed by atoms with E-state index in [0.717, 1.165) is 17.8 Å². The van der Waals surface area contributed by atoms with Gasteiger partial charge in [0.15, 0.2) is 5.17 Å². The van der Waals surface area contributed by atoms with Crippen LogP contribution in [0.15, 0.2) is 45.4 Å². The molecule has 25 heavy (non-hydrogen) atoms. The van der Waals surface area contributed by atoms with Crippen molar-refractivity contribution in [3.63, 3.8) is 0 Å². The van der Waals surface area contributed by atoms with Gasteiger partial charge in [-0.25, -0.2) is 4.79 Å². The number of hydrogen-bond acceptors (Lipinski definition) is 6. The average molecular weight is 371 g/mol. The zero-order chi connectivity index (χ0) is 18.4. The lowest BCUT2D eigenvalue weighted by atomic mass is 10.1. The molecule has 1 N–H and O–H groups in total. The summed E-state index contributed by atoms with van der Waals surface area (Å²) in [6, 6.07) is 5.78. The highest BCUT2D eigenvalue weighted by atomic mass is 32.2. The summed E-state index contributed by atoms with van der Waals surface area (Å²) in [5.41, 5.74) is 0.543. The van der Waals surface area contributed by atoms with E-state index >= 15 is 0 Å². The normalized spacial score (nSPS) is 18.2. The van der Waals surface area contributed by atoms with Crippen molar-refractivity contribution >= 4 is 35.0 Å². The van der Waals surface area contributed by atoms with Crippen molar-refractivity contribution in [3.05, 3.63) is 46.4 Å². The van der Waals surface area contributed by atoms with Crippen LogP contribution in [-0.2, 0) is 20.7 Å². The van der Waals surface area contributed by atoms with Gasteiger partial charge in [0, 0.05) is 6.08 Å². The molecule has 1 aliphatic rings. The Morgan fingerprint density at radius 2 is 2.16 bits per heavy atom. The number of methoxy groups -OCH3 is 1. The fourth-order valence-electron chi connectivity index (χ4n) is 1.80. The zero-order valence-electron chi connectivity index (χ0n) is 12.8. The lowest BCUT2D eigenvalue weighted by Crippen LogP contribution is -2.19. The Morgan fingerprint density at radius 3 is 2.84 bits per heavy atom. The van der Waals surface area contributed by atoms with Crippen molar-refractivity contribution in [1.82, 2.24) is 5.32 Å². The number of amides is 1. The van der Waals surface area contributed by atoms with Gasteiger partial charge in [-0.2, -0.15) is 18.3 Å². The third kappa shape index (κ3) is 6.07. The highest BCUT2D eigenvalue weighted by molar-refractivity contribution is 8.18. The largest absolute Gasteiger partial charge is 0.466 e. The number of hydrogen-bond donors (Lipinski definition) is 1. The third-order valence-corrected chi connectivity index (χ3v) is 3.71. The van der Waals surface area contributed by atoms with E-state index in [1.165, 1.54) is 31.5 Å². The minimum Gasteiger partial charge on any atom is -0.466 e. The fourth-order valence-corrected chi connectivity index (χ4v) is 2.54. The number of amidine groups is 1. The molecule has 10 heteroatoms. The van der Waals surface area contributed by atoms with Crippen LogP contribution in [0.1, 0.15) is 11.1 Å². The number of benzene rings is 1. The number of carbonyl (C=O) groups excluding carboxylic acids is 2. The highest BCUT2D eigenvalue weighted by Crippen LogP contribution is 2.23. The van der Waals surface area contributed by atoms with Crippen molar-refractivity contribution in [2.75, 3.05) is 7.11 Å². The van der Waals surface area contributed by atoms with Gasteiger partial charge in [-0.05, 0) is 29.0 Å². The molecule has 2 rings (SSSR count). The van der Waals surface area contributed by atoms with Crippen molar-refractivity contribution in [1.29, 1.82) is 0 Å². The maximum absolute atomic E-state index is 12.4. The van der Waals surface area contributed by atoms with Crippen LogP contribution in [0.25, 0.3) is 0 Å². The number of rotatable bonds is 4. The number of ether oxygens (including phenoxy) is 1. The van der Waals surface area contributed by atoms with Gasteiger partial charge < -0.3 is 4.74 Å². The van der Waals surface area contributed by atoms with Crippen LogP contribution >= 0.6 is 11.8 Å². The number of alkyl halides is 3. The molecule has 0 bridgehead atoms. The van der Waals surface area contributed by atoms with E-state index in [9.17, 15) is 22.8 Å². The second kappa shape index (κ2) is 7.97. The summed E-state index contributed by atoms with van der Waals surface area (Å²) in [4.78, 5) is 22.8. The van der Waals surface area contributed by atoms with Gasteiger partial charge in [0.05, 0.1) is 24.7 Å². The van der Waals surface area contributed by atoms with E-state index in [-0.39, 0.29) is 15.6 Å². The monoisotopic (exact) mass is 371 g/mol. The fraction of sp³-hybridized carbons (Fsp3) is 0.200. The van der Waals surface area contributed by atoms with Crippen LogP contribution in [-0.4, -0.2) is 36.5 Å². The minimum absolute atomic E-state index is 0.105. The molecule has 0 saturated carbocycles. The van der Waals surface area contributed by atoms with Gasteiger partial charge in [0.25, 0.3) is 5.91 Å². The molecule has 1 aromatic rings. The SMILES string of the molecule is COC(=O)/C=C1/S/C(=N\N=Cc2cccc(CC(F)(F)F)c2)NC1=O. The van der Waals surface area contributed by atoms with Crippen LogP contribution in [0.3, 0.4) is 0 Å². The smallest absolute Gasteiger partial charge is 0.393 e. The minimum atomic E-state index is -4.29. The molecule has 1 aliphatic heterocycles. The van der Waals surface area contributed by atoms with E-state index in [1.807, 2.05) is 0 Å². The van der Waals surface area contributed by atoms with E-state index in [2.05, 4.69) is 20.3 Å². The number of carbonyl (C=O) groups is 2. The lowest BCUT2D eigenvalue weighted by Gasteiger charge is -2.06. The Morgan fingerprint density at radius 1 is 1.40 bits per heavy atom. The first-order valence-corrected chi connectivity index (χ1v) is 7.64. The Hall–Kier alpha value is -2.62. The molecule has 1 fully saturated rings. The predicted octanol–water partition coefficient (Wildman–Crippen LogP) is 2.40. The lowest BCUT2D eigenvalue weighted by molar-refractivity contribution is -0.135. The van der Waals surface area contributed by atoms with Crippen LogP contribution in [0, 0.1) is 0 Å². The number of nitrogens with zero attached hydrogens (tertiary/aromatic N) is 2. The molecule has 1 aromatic carbocycles. The molecule has 0 radical (unpaired) electrons. The van der Waals surface area contributed by atoms with Crippen LogP contribution in [0.2, 0.25) is 0 Å². The maximum atomic E-state index is 12.4. The first kappa shape index (κ1) is 18.7. The van der Waals surface area contributed by atoms with E-state index < -0.39 is 24.5 Å². The third-order valence-electron chi connectivity index (χ3n) is 2.81. The average Bonchev–Trinajstić information content (AvgIpc) is 2.85. The number of thioether (sulfide) groups is 1. The second-order valence-electron chi connectivity index (χ2n) is 4.77. The summed E-state index contributed by atoms with van der Waals surface area (Å²) < 4.78 is 41.6. The molecular weight excluding hydrogens is 359 g/mol. The van der Waals surface area contributed by atoms with Crippen LogP contribution in [0.4, 0.5) is 13.2 Å². The van der Waals surface area contributed by atoms with Gasteiger partial charge in [-0.15, -0.1) is 5.10 Å². The molecule has 6 nitrogen and oxygen atoms in total. The predicted molar refractivity (Wildman–Crippen MR) is 87.1 cm³/mol. The number of esters is 1. The molecule has 0 aliphatic carbocycles. The van der Waals surface area contributed by atoms with Gasteiger partial charge in [0.1, 0.15) is 0 Å². The van der Waals surface area contributed by atoms with Crippen molar-refractivity contribution < 1.29 is 27.5 Å². The molecule has 1 amide bonds. The number of nitrogens with one attached hydrogen (secondary N) is 1. The van der Waals surface area contributed by atoms with Gasteiger partial charge in [-0.1, -0.05) is 18.2 Å². The van der Waals surface area contributed by atoms with Crippen molar-refractivity contribution in [2.45, 2.75) is 12.6 Å². The molecule has 132 valence electrons. The van der Waals surface area contributed by atoms with Crippen LogP contribution in [0.5, 0.6) is 0 Å². The molecular formula is C15H12F3N3O3S. The highest BCUT2D eigenvalue weighted by Gasteiger charge is 2.27. The topological polar surface area (TPSA) is 80.1 Å². The summed E-state index contributed by atoms with van der Waals surface area (Å²) in [7, 11) is 1.18. The van der Waals surface area contributed by atoms with Gasteiger partial charge in [-0.3, -0.25) is 10.1 Å². The summed E-state index contributed by atoms with van der Waals surface area (Å²) in [5.74, 6) is -1.19. The molecule has 0 spiro atoms. The second-order valence-corrected chi connectivity index (χ2v) is 5.81. The van der Waals surface area contributed by atoms with Crippen LogP contribution < -0.4 is 5.32 Å². The molecule has 1 heterocycles. The summed E-state index contributed by atoms with van der Waals surface area (Å²) in [5, 5.41) is 10.0. The molecule has 0 aromatic heterocycles. The Balaban J connectivity index is 2.05. The summed E-state index contributed by atoms with van der Waals surface area (Å²) in [6.07, 6.45) is -3.03. The van der Waals surface area contributed by atoms with E-state index in [4.69, 9.17) is 0 Å². The van der Waals surface area contributed by atoms with Gasteiger partial charge in [0.2, 0.25) is 0 Å². The zero-order valence-corrected chi connectivity index (χ0v) is 13.6. The molecule has 1 saturated heterocycles. The summed E-state index contributed by atoms with van der Waals surface area (Å²) >= 11 is 0.896. The molecule has 0 unspecified atom stereocenters. The van der Waals surface area contributed by atoms with Gasteiger partial charge >= 0.3 is 12.1 Å². The maximum Gasteiger partial charge on any atom is 0.393 e. The van der Waals surface area contributed by atoms with E-state index in [0.29, 0.717) is 5.56 Å². The quantitative estimate of drug-likeness (QED) is 0.381. The first-order chi connectivity index (χ1) is 11.8. The van der Waals surface area contributed by atoms with E-state index in [1.54, 1.807) is 6.07 Å². The Kier molecular flexibility index (Phi) is 5.97. The molecule has 0 atom stereocenters. The van der Waals surface area contributed by atoms with Crippen molar-refractivity contribution in [2.24, 2.45) is 10.2 Å². The number of halogens is 3. The van der Waals surface area contributed by atoms with Crippen molar-refractivity contribution in [3.8, 4) is 0 Å². The Bertz CT molecular complexity index is 773. The summed E-state index contributed by atoms with van der Waals surface area (Å²) in [6.45, 7) is 0. The first-order valence-electron chi connectivity index (χ1n) is 6.82.